The van der Waals surface area contributed by atoms with Crippen LogP contribution in [-0.2, 0) is 35.4 Å². The van der Waals surface area contributed by atoms with Crippen LogP contribution in [0.15, 0.2) is 0 Å². The van der Waals surface area contributed by atoms with E-state index in [0.717, 1.165) is 12.8 Å². The fourth-order valence-electron chi connectivity index (χ4n) is 1.44. The summed E-state index contributed by atoms with van der Waals surface area (Å²) in [6.07, 6.45) is 4.25. The number of unbranched alkanes of at least 4 members (excludes halogenated alkanes) is 1. The van der Waals surface area contributed by atoms with Crippen molar-refractivity contribution in [2.75, 3.05) is 0 Å². The molecular weight excluding hydrogens is 436 g/mol. The van der Waals surface area contributed by atoms with Crippen LogP contribution in [0, 0.1) is 19.3 Å². The predicted molar refractivity (Wildman–Crippen MR) is 83.2 cm³/mol. The third-order valence-corrected chi connectivity index (χ3v) is 2.47. The van der Waals surface area contributed by atoms with Crippen molar-refractivity contribution in [2.24, 2.45) is 5.41 Å². The summed E-state index contributed by atoms with van der Waals surface area (Å²) in [5.74, 6) is 0.503. The Hall–Kier alpha value is -0.302. The second-order valence-electron chi connectivity index (χ2n) is 6.22. The molecule has 3 nitrogen and oxygen atoms in total. The summed E-state index contributed by atoms with van der Waals surface area (Å²) in [7, 11) is 0. The van der Waals surface area contributed by atoms with Gasteiger partial charge in [-0.2, -0.15) is 6.42 Å². The van der Waals surface area contributed by atoms with E-state index in [4.69, 9.17) is 0 Å². The first-order valence-corrected chi connectivity index (χ1v) is 7.23. The van der Waals surface area contributed by atoms with Crippen LogP contribution in [-0.4, -0.2) is 17.3 Å². The number of Topliss-reactive ketones (excluding diaryl/α,β-unsaturated/α-hetero) is 3. The predicted octanol–water partition coefficient (Wildman–Crippen LogP) is 4.14. The van der Waals surface area contributed by atoms with E-state index in [1.54, 1.807) is 0 Å². The Morgan fingerprint density at radius 3 is 1.76 bits per heavy atom. The summed E-state index contributed by atoms with van der Waals surface area (Å²) in [6, 6.07) is 0. The molecule has 0 aliphatic carbocycles. The zero-order valence-electron chi connectivity index (χ0n) is 14.0. The van der Waals surface area contributed by atoms with Crippen molar-refractivity contribution in [3.05, 3.63) is 13.8 Å². The third kappa shape index (κ3) is 25.0. The zero-order valence-corrected chi connectivity index (χ0v) is 16.9. The second-order valence-corrected chi connectivity index (χ2v) is 6.22. The van der Waals surface area contributed by atoms with Crippen molar-refractivity contribution in [1.82, 2.24) is 0 Å². The molecular formula is C17H30O3W. The zero-order chi connectivity index (χ0) is 16.2. The second kappa shape index (κ2) is 14.6. The molecule has 0 rings (SSSR count). The molecule has 0 aliphatic heterocycles. The van der Waals surface area contributed by atoms with E-state index in [9.17, 15) is 14.4 Å². The minimum atomic E-state index is 0. The molecule has 0 fully saturated rings. The molecule has 0 spiro atoms. The van der Waals surface area contributed by atoms with Gasteiger partial charge in [-0.15, -0.1) is 6.42 Å². The molecule has 0 aromatic heterocycles. The SMILES string of the molecule is [CH2-]CC(=O)CCC(C)=O.[CH2-]CCCC(=O)CC(C)(C)C.[W+2]. The van der Waals surface area contributed by atoms with Crippen molar-refractivity contribution in [2.45, 2.75) is 72.6 Å². The van der Waals surface area contributed by atoms with E-state index in [1.807, 2.05) is 0 Å². The van der Waals surface area contributed by atoms with Crippen LogP contribution in [0.25, 0.3) is 0 Å². The van der Waals surface area contributed by atoms with Gasteiger partial charge in [0, 0.05) is 25.7 Å². The number of ketones is 3. The fraction of sp³-hybridized carbons (Fsp3) is 0.706. The molecule has 0 aliphatic rings. The first-order valence-electron chi connectivity index (χ1n) is 7.23. The number of hydrogen-bond donors (Lipinski definition) is 0. The largest absolute Gasteiger partial charge is 2.00 e. The molecule has 0 bridgehead atoms. The topological polar surface area (TPSA) is 51.2 Å². The molecule has 0 N–H and O–H groups in total. The standard InChI is InChI=1S/C10H19O.C7H11O2.W/c1-5-6-7-9(11)8-10(2,3)4;1-3-7(9)5-4-6(2)8;/h1,5-8H2,2-4H3;1,3-5H2,2H3;/q2*-1;+2. The smallest absolute Gasteiger partial charge is 0.343 e. The Balaban J connectivity index is -0.000000300. The van der Waals surface area contributed by atoms with E-state index < -0.39 is 0 Å². The van der Waals surface area contributed by atoms with Crippen molar-refractivity contribution in [3.63, 3.8) is 0 Å². The Bertz CT molecular complexity index is 304. The van der Waals surface area contributed by atoms with Gasteiger partial charge in [-0.3, -0.25) is 4.79 Å². The van der Waals surface area contributed by atoms with Gasteiger partial charge in [0.1, 0.15) is 17.3 Å². The third-order valence-electron chi connectivity index (χ3n) is 2.47. The molecule has 0 radical (unpaired) electrons. The first-order chi connectivity index (χ1) is 9.12. The van der Waals surface area contributed by atoms with Crippen molar-refractivity contribution < 1.29 is 35.4 Å². The quantitative estimate of drug-likeness (QED) is 0.506. The summed E-state index contributed by atoms with van der Waals surface area (Å²) >= 11 is 0. The average Bonchev–Trinajstić information content (AvgIpc) is 2.32. The van der Waals surface area contributed by atoms with Gasteiger partial charge in [0.25, 0.3) is 0 Å². The van der Waals surface area contributed by atoms with E-state index in [0.29, 0.717) is 37.9 Å². The molecule has 122 valence electrons. The van der Waals surface area contributed by atoms with Crippen molar-refractivity contribution >= 4 is 17.3 Å². The average molecular weight is 466 g/mol. The normalized spacial score (nSPS) is 10.0. The maximum absolute atomic E-state index is 11.2. The summed E-state index contributed by atoms with van der Waals surface area (Å²) in [5, 5.41) is 0. The van der Waals surface area contributed by atoms with Crippen LogP contribution in [0.1, 0.15) is 72.6 Å². The monoisotopic (exact) mass is 466 g/mol. The van der Waals surface area contributed by atoms with Crippen LogP contribution in [0.3, 0.4) is 0 Å². The molecule has 0 heterocycles. The molecule has 0 amide bonds. The molecule has 0 atom stereocenters. The van der Waals surface area contributed by atoms with Crippen LogP contribution >= 0.6 is 0 Å². The molecule has 0 aromatic rings. The van der Waals surface area contributed by atoms with Crippen LogP contribution < -0.4 is 0 Å². The summed E-state index contributed by atoms with van der Waals surface area (Å²) in [4.78, 5) is 32.0. The Kier molecular flexibility index (Phi) is 17.9. The van der Waals surface area contributed by atoms with E-state index in [-0.39, 0.29) is 38.0 Å². The van der Waals surface area contributed by atoms with Gasteiger partial charge in [0.05, 0.1) is 0 Å². The maximum Gasteiger partial charge on any atom is 2.00 e. The van der Waals surface area contributed by atoms with Crippen molar-refractivity contribution in [1.29, 1.82) is 0 Å². The molecule has 0 unspecified atom stereocenters. The van der Waals surface area contributed by atoms with Gasteiger partial charge in [-0.25, -0.2) is 0 Å². The molecule has 4 heteroatoms. The molecule has 0 saturated heterocycles. The molecule has 0 saturated carbocycles. The summed E-state index contributed by atoms with van der Waals surface area (Å²) < 4.78 is 0. The van der Waals surface area contributed by atoms with E-state index >= 15 is 0 Å². The van der Waals surface area contributed by atoms with Gasteiger partial charge < -0.3 is 23.4 Å². The minimum absolute atomic E-state index is 0. The maximum atomic E-state index is 11.2. The Morgan fingerprint density at radius 2 is 1.43 bits per heavy atom. The van der Waals surface area contributed by atoms with E-state index in [2.05, 4.69) is 34.6 Å². The van der Waals surface area contributed by atoms with Gasteiger partial charge in [0.15, 0.2) is 0 Å². The van der Waals surface area contributed by atoms with Gasteiger partial charge >= 0.3 is 21.1 Å². The number of rotatable bonds is 8. The Morgan fingerprint density at radius 1 is 0.905 bits per heavy atom. The Labute approximate surface area is 144 Å². The van der Waals surface area contributed by atoms with Gasteiger partial charge in [-0.1, -0.05) is 27.2 Å². The van der Waals surface area contributed by atoms with Crippen LogP contribution in [0.5, 0.6) is 0 Å². The van der Waals surface area contributed by atoms with Crippen molar-refractivity contribution in [3.8, 4) is 0 Å². The number of carbonyl (C=O) groups is 3. The van der Waals surface area contributed by atoms with Gasteiger partial charge in [-0.05, 0) is 12.3 Å². The summed E-state index contributed by atoms with van der Waals surface area (Å²) in [6.45, 7) is 14.9. The van der Waals surface area contributed by atoms with Gasteiger partial charge in [0.2, 0.25) is 0 Å². The molecule has 21 heavy (non-hydrogen) atoms. The first kappa shape index (κ1) is 25.6. The summed E-state index contributed by atoms with van der Waals surface area (Å²) in [5.41, 5.74) is 0.151. The molecule has 0 aromatic carbocycles. The fourth-order valence-corrected chi connectivity index (χ4v) is 1.44. The van der Waals surface area contributed by atoms with E-state index in [1.165, 1.54) is 6.92 Å². The van der Waals surface area contributed by atoms with Crippen LogP contribution in [0.4, 0.5) is 0 Å². The van der Waals surface area contributed by atoms with Crippen LogP contribution in [0.2, 0.25) is 0 Å². The minimum Gasteiger partial charge on any atom is -0.343 e. The number of hydrogen-bond acceptors (Lipinski definition) is 3. The number of carbonyl (C=O) groups excluding carboxylic acids is 3.